The Labute approximate surface area is 98.6 Å². The highest BCUT2D eigenvalue weighted by Gasteiger charge is 2.25. The third-order valence-corrected chi connectivity index (χ3v) is 3.72. The maximum absolute atomic E-state index is 11.7. The highest BCUT2D eigenvalue weighted by molar-refractivity contribution is 5.76. The van der Waals surface area contributed by atoms with Crippen molar-refractivity contribution in [3.05, 3.63) is 0 Å². The van der Waals surface area contributed by atoms with Gasteiger partial charge in [-0.05, 0) is 24.7 Å². The van der Waals surface area contributed by atoms with E-state index in [-0.39, 0.29) is 18.1 Å². The normalized spacial score (nSPS) is 27.8. The van der Waals surface area contributed by atoms with Crippen LogP contribution in [0.4, 0.5) is 0 Å². The lowest BCUT2D eigenvalue weighted by atomic mass is 9.91. The average Bonchev–Trinajstić information content (AvgIpc) is 2.21. The minimum Gasteiger partial charge on any atom is -0.391 e. The third kappa shape index (κ3) is 4.12. The molecule has 1 aliphatic carbocycles. The molecule has 1 fully saturated rings. The largest absolute Gasteiger partial charge is 0.391 e. The van der Waals surface area contributed by atoms with Gasteiger partial charge in [-0.1, -0.05) is 33.6 Å². The van der Waals surface area contributed by atoms with Gasteiger partial charge in [0.1, 0.15) is 0 Å². The summed E-state index contributed by atoms with van der Waals surface area (Å²) in [4.78, 5) is 11.7. The number of aliphatic hydroxyl groups excluding tert-OH is 1. The summed E-state index contributed by atoms with van der Waals surface area (Å²) in [6.07, 6.45) is 4.17. The van der Waals surface area contributed by atoms with Crippen LogP contribution in [0.1, 0.15) is 52.9 Å². The molecule has 1 rings (SSSR count). The van der Waals surface area contributed by atoms with E-state index in [2.05, 4.69) is 26.1 Å². The molecule has 0 aromatic rings. The van der Waals surface area contributed by atoms with Gasteiger partial charge in [-0.3, -0.25) is 4.79 Å². The van der Waals surface area contributed by atoms with E-state index >= 15 is 0 Å². The van der Waals surface area contributed by atoms with Crippen LogP contribution >= 0.6 is 0 Å². The van der Waals surface area contributed by atoms with Crippen LogP contribution in [0.5, 0.6) is 0 Å². The SMILES string of the molecule is CC(C)C(C)CC(=O)NC1CCCCC1O. The molecule has 2 N–H and O–H groups in total. The van der Waals surface area contributed by atoms with Crippen LogP contribution < -0.4 is 5.32 Å². The van der Waals surface area contributed by atoms with Crippen LogP contribution in [0.25, 0.3) is 0 Å². The molecule has 1 saturated carbocycles. The topological polar surface area (TPSA) is 49.3 Å². The van der Waals surface area contributed by atoms with Gasteiger partial charge in [0, 0.05) is 6.42 Å². The van der Waals surface area contributed by atoms with Gasteiger partial charge < -0.3 is 10.4 Å². The molecule has 3 nitrogen and oxygen atoms in total. The summed E-state index contributed by atoms with van der Waals surface area (Å²) < 4.78 is 0. The van der Waals surface area contributed by atoms with Gasteiger partial charge in [0.15, 0.2) is 0 Å². The summed E-state index contributed by atoms with van der Waals surface area (Å²) in [7, 11) is 0. The van der Waals surface area contributed by atoms with Crippen molar-refractivity contribution < 1.29 is 9.90 Å². The van der Waals surface area contributed by atoms with E-state index in [1.54, 1.807) is 0 Å². The third-order valence-electron chi connectivity index (χ3n) is 3.72. The number of aliphatic hydroxyl groups is 1. The van der Waals surface area contributed by atoms with Gasteiger partial charge in [-0.2, -0.15) is 0 Å². The Balaban J connectivity index is 2.32. The molecule has 1 amide bonds. The molecule has 0 saturated heterocycles. The first-order chi connectivity index (χ1) is 7.50. The summed E-state index contributed by atoms with van der Waals surface area (Å²) in [5.74, 6) is 1.02. The maximum Gasteiger partial charge on any atom is 0.220 e. The number of rotatable bonds is 4. The minimum atomic E-state index is -0.341. The van der Waals surface area contributed by atoms with E-state index in [1.807, 2.05) is 0 Å². The maximum atomic E-state index is 11.7. The van der Waals surface area contributed by atoms with Crippen molar-refractivity contribution in [2.24, 2.45) is 11.8 Å². The van der Waals surface area contributed by atoms with E-state index in [0.717, 1.165) is 25.7 Å². The van der Waals surface area contributed by atoms with Gasteiger partial charge in [-0.15, -0.1) is 0 Å². The summed E-state index contributed by atoms with van der Waals surface area (Å²) >= 11 is 0. The fourth-order valence-electron chi connectivity index (χ4n) is 2.07. The zero-order chi connectivity index (χ0) is 12.1. The van der Waals surface area contributed by atoms with Crippen molar-refractivity contribution in [2.75, 3.05) is 0 Å². The molecule has 3 heteroatoms. The molecule has 0 aromatic carbocycles. The second-order valence-electron chi connectivity index (χ2n) is 5.45. The fraction of sp³-hybridized carbons (Fsp3) is 0.923. The molecule has 0 bridgehead atoms. The Kier molecular flexibility index (Phi) is 5.26. The van der Waals surface area contributed by atoms with Gasteiger partial charge in [-0.25, -0.2) is 0 Å². The van der Waals surface area contributed by atoms with Gasteiger partial charge in [0.2, 0.25) is 5.91 Å². The van der Waals surface area contributed by atoms with Gasteiger partial charge in [0.25, 0.3) is 0 Å². The van der Waals surface area contributed by atoms with Crippen molar-refractivity contribution in [2.45, 2.75) is 65.0 Å². The molecule has 3 unspecified atom stereocenters. The fourth-order valence-corrected chi connectivity index (χ4v) is 2.07. The first-order valence-corrected chi connectivity index (χ1v) is 6.48. The molecule has 0 spiro atoms. The van der Waals surface area contributed by atoms with E-state index in [0.29, 0.717) is 18.3 Å². The lowest BCUT2D eigenvalue weighted by molar-refractivity contribution is -0.124. The Hall–Kier alpha value is -0.570. The summed E-state index contributed by atoms with van der Waals surface area (Å²) in [5, 5.41) is 12.7. The van der Waals surface area contributed by atoms with Crippen LogP contribution in [0.3, 0.4) is 0 Å². The van der Waals surface area contributed by atoms with Crippen molar-refractivity contribution in [3.8, 4) is 0 Å². The van der Waals surface area contributed by atoms with Crippen molar-refractivity contribution >= 4 is 5.91 Å². The molecule has 0 radical (unpaired) electrons. The summed E-state index contributed by atoms with van der Waals surface area (Å²) in [5.41, 5.74) is 0. The van der Waals surface area contributed by atoms with E-state index in [1.165, 1.54) is 0 Å². The zero-order valence-electron chi connectivity index (χ0n) is 10.7. The second kappa shape index (κ2) is 6.24. The molecular weight excluding hydrogens is 202 g/mol. The predicted molar refractivity (Wildman–Crippen MR) is 65.0 cm³/mol. The second-order valence-corrected chi connectivity index (χ2v) is 5.45. The van der Waals surface area contributed by atoms with Crippen LogP contribution in [0, 0.1) is 11.8 Å². The van der Waals surface area contributed by atoms with Crippen LogP contribution in [0.15, 0.2) is 0 Å². The number of carbonyl (C=O) groups is 1. The van der Waals surface area contributed by atoms with Crippen molar-refractivity contribution in [1.82, 2.24) is 5.32 Å². The molecular formula is C13H25NO2. The molecule has 16 heavy (non-hydrogen) atoms. The number of hydrogen-bond acceptors (Lipinski definition) is 2. The number of hydrogen-bond donors (Lipinski definition) is 2. The lowest BCUT2D eigenvalue weighted by Crippen LogP contribution is -2.45. The zero-order valence-corrected chi connectivity index (χ0v) is 10.7. The Morgan fingerprint density at radius 2 is 1.94 bits per heavy atom. The van der Waals surface area contributed by atoms with Crippen molar-refractivity contribution in [1.29, 1.82) is 0 Å². The molecule has 1 aliphatic rings. The van der Waals surface area contributed by atoms with E-state index in [9.17, 15) is 9.90 Å². The smallest absolute Gasteiger partial charge is 0.220 e. The van der Waals surface area contributed by atoms with E-state index < -0.39 is 0 Å². The molecule has 3 atom stereocenters. The molecule has 0 aliphatic heterocycles. The average molecular weight is 227 g/mol. The Bertz CT molecular complexity index is 228. The van der Waals surface area contributed by atoms with Crippen LogP contribution in [-0.4, -0.2) is 23.2 Å². The Morgan fingerprint density at radius 1 is 1.31 bits per heavy atom. The monoisotopic (exact) mass is 227 g/mol. The highest BCUT2D eigenvalue weighted by Crippen LogP contribution is 2.19. The first kappa shape index (κ1) is 13.5. The van der Waals surface area contributed by atoms with Crippen LogP contribution in [-0.2, 0) is 4.79 Å². The molecule has 94 valence electrons. The molecule has 0 aromatic heterocycles. The standard InChI is InChI=1S/C13H25NO2/c1-9(2)10(3)8-13(16)14-11-6-4-5-7-12(11)15/h9-12,15H,4-8H2,1-3H3,(H,14,16). The quantitative estimate of drug-likeness (QED) is 0.772. The first-order valence-electron chi connectivity index (χ1n) is 6.48. The predicted octanol–water partition coefficient (Wildman–Crippen LogP) is 2.09. The molecule has 0 heterocycles. The summed E-state index contributed by atoms with van der Waals surface area (Å²) in [6.45, 7) is 6.36. The lowest BCUT2D eigenvalue weighted by Gasteiger charge is -2.29. The minimum absolute atomic E-state index is 0.0133. The summed E-state index contributed by atoms with van der Waals surface area (Å²) in [6, 6.07) is -0.0133. The van der Waals surface area contributed by atoms with Crippen molar-refractivity contribution in [3.63, 3.8) is 0 Å². The van der Waals surface area contributed by atoms with Gasteiger partial charge in [0.05, 0.1) is 12.1 Å². The van der Waals surface area contributed by atoms with E-state index in [4.69, 9.17) is 0 Å². The van der Waals surface area contributed by atoms with Gasteiger partial charge >= 0.3 is 0 Å². The number of carbonyl (C=O) groups excluding carboxylic acids is 1. The number of nitrogens with one attached hydrogen (secondary N) is 1. The highest BCUT2D eigenvalue weighted by atomic mass is 16.3. The number of amides is 1. The Morgan fingerprint density at radius 3 is 2.50 bits per heavy atom. The van der Waals surface area contributed by atoms with Crippen LogP contribution in [0.2, 0.25) is 0 Å².